The highest BCUT2D eigenvalue weighted by molar-refractivity contribution is 7.10. The molecule has 10 heteroatoms. The molecule has 0 N–H and O–H groups in total. The van der Waals surface area contributed by atoms with Gasteiger partial charge in [-0.15, -0.1) is 11.3 Å². The summed E-state index contributed by atoms with van der Waals surface area (Å²) in [5, 5.41) is 13.4. The van der Waals surface area contributed by atoms with Gasteiger partial charge in [0.25, 0.3) is 11.6 Å². The van der Waals surface area contributed by atoms with E-state index in [0.29, 0.717) is 13.1 Å². The smallest absolute Gasteiger partial charge is 0.345 e. The molecule has 29 heavy (non-hydrogen) atoms. The molecule has 1 aromatic carbocycles. The largest absolute Gasteiger partial charge is 0.493 e. The van der Waals surface area contributed by atoms with Crippen LogP contribution in [0.5, 0.6) is 11.5 Å². The molecule has 0 unspecified atom stereocenters. The number of methoxy groups -OCH3 is 1. The molecule has 1 aliphatic rings. The number of fused-ring (bicyclic) bond motifs is 1. The fourth-order valence-corrected chi connectivity index (χ4v) is 3.94. The maximum atomic E-state index is 12.5. The van der Waals surface area contributed by atoms with Crippen LogP contribution >= 0.6 is 11.3 Å². The summed E-state index contributed by atoms with van der Waals surface area (Å²) < 4.78 is 15.5. The number of nitro groups is 1. The fraction of sp³-hybridized carbons (Fsp3) is 0.368. The van der Waals surface area contributed by atoms with Crippen molar-refractivity contribution in [3.8, 4) is 11.5 Å². The zero-order chi connectivity index (χ0) is 21.0. The van der Waals surface area contributed by atoms with E-state index in [4.69, 9.17) is 14.2 Å². The molecule has 1 aromatic heterocycles. The van der Waals surface area contributed by atoms with Crippen molar-refractivity contribution in [1.82, 2.24) is 4.90 Å². The van der Waals surface area contributed by atoms with E-state index < -0.39 is 23.2 Å². The van der Waals surface area contributed by atoms with Gasteiger partial charge in [0.15, 0.2) is 18.1 Å². The van der Waals surface area contributed by atoms with Crippen LogP contribution in [0.1, 0.15) is 27.7 Å². The van der Waals surface area contributed by atoms with Crippen molar-refractivity contribution in [2.24, 2.45) is 0 Å². The number of nitro benzene ring substituents is 1. The third-order valence-corrected chi connectivity index (χ3v) is 5.51. The van der Waals surface area contributed by atoms with Gasteiger partial charge in [-0.3, -0.25) is 14.9 Å². The number of benzene rings is 1. The Morgan fingerprint density at radius 2 is 2.10 bits per heavy atom. The molecule has 0 saturated heterocycles. The standard InChI is InChI=1S/C19H20N2O7S/c1-3-27-16-8-13(14(21(24)25)9-15(16)26-2)19(23)28-11-18(22)20-6-4-17-12(10-20)5-7-29-17/h5,7-9H,3-4,6,10-11H2,1-2H3. The van der Waals surface area contributed by atoms with Crippen LogP contribution in [0, 0.1) is 10.1 Å². The van der Waals surface area contributed by atoms with Gasteiger partial charge in [0, 0.05) is 24.0 Å². The van der Waals surface area contributed by atoms with Crippen molar-refractivity contribution in [2.75, 3.05) is 26.9 Å². The Bertz CT molecular complexity index is 941. The van der Waals surface area contributed by atoms with Gasteiger partial charge in [-0.25, -0.2) is 4.79 Å². The lowest BCUT2D eigenvalue weighted by atomic mass is 10.1. The Morgan fingerprint density at radius 1 is 1.31 bits per heavy atom. The molecular weight excluding hydrogens is 400 g/mol. The van der Waals surface area contributed by atoms with E-state index >= 15 is 0 Å². The molecule has 2 heterocycles. The van der Waals surface area contributed by atoms with E-state index in [1.54, 1.807) is 23.2 Å². The third kappa shape index (κ3) is 4.48. The zero-order valence-electron chi connectivity index (χ0n) is 16.0. The maximum Gasteiger partial charge on any atom is 0.345 e. The maximum absolute atomic E-state index is 12.5. The van der Waals surface area contributed by atoms with Crippen LogP contribution in [-0.4, -0.2) is 48.6 Å². The Balaban J connectivity index is 1.72. The van der Waals surface area contributed by atoms with Crippen LogP contribution in [0.25, 0.3) is 0 Å². The number of esters is 1. The van der Waals surface area contributed by atoms with E-state index in [9.17, 15) is 19.7 Å². The number of amides is 1. The topological polar surface area (TPSA) is 108 Å². The van der Waals surface area contributed by atoms with Crippen LogP contribution < -0.4 is 9.47 Å². The Labute approximate surface area is 170 Å². The van der Waals surface area contributed by atoms with Crippen LogP contribution in [0.3, 0.4) is 0 Å². The molecule has 1 aliphatic heterocycles. The highest BCUT2D eigenvalue weighted by Gasteiger charge is 2.28. The second kappa shape index (κ2) is 8.91. The lowest BCUT2D eigenvalue weighted by Gasteiger charge is -2.26. The predicted molar refractivity (Wildman–Crippen MR) is 105 cm³/mol. The molecule has 3 rings (SSSR count). The first-order valence-corrected chi connectivity index (χ1v) is 9.81. The summed E-state index contributed by atoms with van der Waals surface area (Å²) in [5.74, 6) is -1.01. The molecule has 2 aromatic rings. The fourth-order valence-electron chi connectivity index (χ4n) is 3.05. The molecule has 0 fully saturated rings. The highest BCUT2D eigenvalue weighted by atomic mass is 32.1. The molecule has 0 saturated carbocycles. The summed E-state index contributed by atoms with van der Waals surface area (Å²) in [4.78, 5) is 38.4. The van der Waals surface area contributed by atoms with Crippen LogP contribution in [0.2, 0.25) is 0 Å². The first-order valence-electron chi connectivity index (χ1n) is 8.94. The van der Waals surface area contributed by atoms with E-state index in [2.05, 4.69) is 0 Å². The number of carbonyl (C=O) groups excluding carboxylic acids is 2. The summed E-state index contributed by atoms with van der Waals surface area (Å²) >= 11 is 1.66. The van der Waals surface area contributed by atoms with E-state index in [0.717, 1.165) is 18.1 Å². The van der Waals surface area contributed by atoms with Gasteiger partial charge in [-0.05, 0) is 30.4 Å². The Morgan fingerprint density at radius 3 is 2.79 bits per heavy atom. The van der Waals surface area contributed by atoms with Crippen molar-refractivity contribution < 1.29 is 28.7 Å². The van der Waals surface area contributed by atoms with E-state index in [1.807, 2.05) is 11.4 Å². The van der Waals surface area contributed by atoms with Crippen molar-refractivity contribution in [3.63, 3.8) is 0 Å². The number of thiophene rings is 1. The monoisotopic (exact) mass is 420 g/mol. The van der Waals surface area contributed by atoms with Gasteiger partial charge >= 0.3 is 5.97 Å². The number of rotatable bonds is 7. The molecule has 1 amide bonds. The average Bonchev–Trinajstić information content (AvgIpc) is 3.19. The summed E-state index contributed by atoms with van der Waals surface area (Å²) in [5.41, 5.74) is 0.308. The van der Waals surface area contributed by atoms with Gasteiger partial charge in [0.1, 0.15) is 5.56 Å². The number of hydrogen-bond acceptors (Lipinski definition) is 8. The van der Waals surface area contributed by atoms with Crippen molar-refractivity contribution in [2.45, 2.75) is 19.9 Å². The second-order valence-electron chi connectivity index (χ2n) is 6.22. The minimum Gasteiger partial charge on any atom is -0.493 e. The first kappa shape index (κ1) is 20.6. The molecule has 0 bridgehead atoms. The molecule has 154 valence electrons. The van der Waals surface area contributed by atoms with Gasteiger partial charge in [-0.2, -0.15) is 0 Å². The normalized spacial score (nSPS) is 12.8. The van der Waals surface area contributed by atoms with E-state index in [-0.39, 0.29) is 29.6 Å². The van der Waals surface area contributed by atoms with Gasteiger partial charge in [0.2, 0.25) is 0 Å². The van der Waals surface area contributed by atoms with Crippen LogP contribution in [0.4, 0.5) is 5.69 Å². The van der Waals surface area contributed by atoms with Crippen LogP contribution in [-0.2, 0) is 22.5 Å². The van der Waals surface area contributed by atoms with Gasteiger partial charge < -0.3 is 19.1 Å². The van der Waals surface area contributed by atoms with Crippen molar-refractivity contribution in [1.29, 1.82) is 0 Å². The molecule has 9 nitrogen and oxygen atoms in total. The summed E-state index contributed by atoms with van der Waals surface area (Å²) in [6.45, 7) is 2.52. The lowest BCUT2D eigenvalue weighted by Crippen LogP contribution is -2.38. The molecule has 0 atom stereocenters. The first-order chi connectivity index (χ1) is 13.9. The average molecular weight is 420 g/mol. The number of nitrogens with zero attached hydrogens (tertiary/aromatic N) is 2. The molecular formula is C19H20N2O7S. The Kier molecular flexibility index (Phi) is 6.32. The van der Waals surface area contributed by atoms with Gasteiger partial charge in [0.05, 0.1) is 24.7 Å². The quantitative estimate of drug-likeness (QED) is 0.385. The molecule has 0 aliphatic carbocycles. The van der Waals surface area contributed by atoms with Gasteiger partial charge in [-0.1, -0.05) is 0 Å². The molecule has 0 radical (unpaired) electrons. The second-order valence-corrected chi connectivity index (χ2v) is 7.22. The lowest BCUT2D eigenvalue weighted by molar-refractivity contribution is -0.385. The SMILES string of the molecule is CCOc1cc(C(=O)OCC(=O)N2CCc3sccc3C2)c([N+](=O)[O-])cc1OC. The minimum absolute atomic E-state index is 0.131. The minimum atomic E-state index is -0.970. The number of hydrogen-bond donors (Lipinski definition) is 0. The molecule has 0 spiro atoms. The highest BCUT2D eigenvalue weighted by Crippen LogP contribution is 2.35. The summed E-state index contributed by atoms with van der Waals surface area (Å²) in [6.07, 6.45) is 0.758. The van der Waals surface area contributed by atoms with Crippen LogP contribution in [0.15, 0.2) is 23.6 Å². The third-order valence-electron chi connectivity index (χ3n) is 4.49. The van der Waals surface area contributed by atoms with Crippen molar-refractivity contribution in [3.05, 3.63) is 49.7 Å². The number of ether oxygens (including phenoxy) is 3. The van der Waals surface area contributed by atoms with Crippen molar-refractivity contribution >= 4 is 28.9 Å². The number of carbonyl (C=O) groups is 2. The summed E-state index contributed by atoms with van der Waals surface area (Å²) in [6, 6.07) is 4.28. The predicted octanol–water partition coefficient (Wildman–Crippen LogP) is 2.81. The Hall–Kier alpha value is -3.14. The zero-order valence-corrected chi connectivity index (χ0v) is 16.8. The summed E-state index contributed by atoms with van der Waals surface area (Å²) in [7, 11) is 1.34. The van der Waals surface area contributed by atoms with E-state index in [1.165, 1.54) is 18.1 Å².